The van der Waals surface area contributed by atoms with Crippen LogP contribution in [0.15, 0.2) is 96.1 Å². The zero-order chi connectivity index (χ0) is 26.7. The summed E-state index contributed by atoms with van der Waals surface area (Å²) in [7, 11) is 0. The molecule has 0 saturated carbocycles. The largest absolute Gasteiger partial charge is 0.490 e. The Labute approximate surface area is 231 Å². The van der Waals surface area contributed by atoms with Gasteiger partial charge in [0.05, 0.1) is 22.9 Å². The standard InChI is InChI=1S/C30H26Cl2N2O4/c1-2-36-28-17-22(13-14-27(28)37-19-21-9-5-3-6-10-21)20-38-29-25(31)15-23(16-26(29)32)18-33-34-30(35)24-11-7-4-8-12-24/h3-18H,2,19-20H2,1H3,(H,34,35)/b33-18+. The van der Waals surface area contributed by atoms with E-state index in [1.165, 1.54) is 6.21 Å². The maximum absolute atomic E-state index is 12.1. The summed E-state index contributed by atoms with van der Waals surface area (Å²) in [4.78, 5) is 12.1. The molecule has 1 amide bonds. The van der Waals surface area contributed by atoms with Gasteiger partial charge in [-0.25, -0.2) is 5.43 Å². The molecule has 194 valence electrons. The second kappa shape index (κ2) is 13.5. The molecule has 0 unspecified atom stereocenters. The third-order valence-electron chi connectivity index (χ3n) is 5.36. The normalized spacial score (nSPS) is 10.8. The number of carbonyl (C=O) groups is 1. The lowest BCUT2D eigenvalue weighted by Crippen LogP contribution is -2.17. The lowest BCUT2D eigenvalue weighted by atomic mass is 10.2. The molecular weight excluding hydrogens is 523 g/mol. The fourth-order valence-electron chi connectivity index (χ4n) is 3.53. The molecule has 4 rings (SSSR count). The molecule has 8 heteroatoms. The van der Waals surface area contributed by atoms with Crippen molar-refractivity contribution in [3.05, 3.63) is 123 Å². The number of halogens is 2. The fourth-order valence-corrected chi connectivity index (χ4v) is 4.15. The average molecular weight is 549 g/mol. The van der Waals surface area contributed by atoms with Gasteiger partial charge in [-0.3, -0.25) is 4.79 Å². The van der Waals surface area contributed by atoms with Crippen LogP contribution in [0, 0.1) is 0 Å². The summed E-state index contributed by atoms with van der Waals surface area (Å²) in [6.07, 6.45) is 1.46. The number of rotatable bonds is 11. The Morgan fingerprint density at radius 2 is 1.45 bits per heavy atom. The number of nitrogens with zero attached hydrogens (tertiary/aromatic N) is 1. The second-order valence-electron chi connectivity index (χ2n) is 8.16. The molecule has 4 aromatic carbocycles. The van der Waals surface area contributed by atoms with Gasteiger partial charge in [-0.05, 0) is 60.0 Å². The van der Waals surface area contributed by atoms with Crippen molar-refractivity contribution >= 4 is 35.3 Å². The zero-order valence-corrected chi connectivity index (χ0v) is 22.2. The van der Waals surface area contributed by atoms with E-state index in [1.807, 2.05) is 61.5 Å². The zero-order valence-electron chi connectivity index (χ0n) is 20.7. The van der Waals surface area contributed by atoms with Crippen LogP contribution in [0.1, 0.15) is 34.0 Å². The number of benzene rings is 4. The van der Waals surface area contributed by atoms with Gasteiger partial charge in [0.1, 0.15) is 13.2 Å². The molecule has 1 N–H and O–H groups in total. The number of hydrogen-bond acceptors (Lipinski definition) is 5. The first-order valence-electron chi connectivity index (χ1n) is 12.0. The van der Waals surface area contributed by atoms with Crippen LogP contribution in [0.5, 0.6) is 17.2 Å². The van der Waals surface area contributed by atoms with Gasteiger partial charge in [0.15, 0.2) is 17.2 Å². The summed E-state index contributed by atoms with van der Waals surface area (Å²) in [6, 6.07) is 27.7. The monoisotopic (exact) mass is 548 g/mol. The van der Waals surface area contributed by atoms with Crippen LogP contribution in [-0.2, 0) is 13.2 Å². The SMILES string of the molecule is CCOc1cc(COc2c(Cl)cc(/C=N/NC(=O)c3ccccc3)cc2Cl)ccc1OCc1ccccc1. The lowest BCUT2D eigenvalue weighted by Gasteiger charge is -2.15. The highest BCUT2D eigenvalue weighted by atomic mass is 35.5. The van der Waals surface area contributed by atoms with Crippen molar-refractivity contribution in [3.63, 3.8) is 0 Å². The quantitative estimate of drug-likeness (QED) is 0.157. The van der Waals surface area contributed by atoms with Crippen molar-refractivity contribution in [1.29, 1.82) is 0 Å². The van der Waals surface area contributed by atoms with Gasteiger partial charge in [-0.15, -0.1) is 0 Å². The molecule has 0 aromatic heterocycles. The molecule has 0 aliphatic rings. The Morgan fingerprint density at radius 1 is 0.789 bits per heavy atom. The van der Waals surface area contributed by atoms with Crippen LogP contribution in [0.25, 0.3) is 0 Å². The van der Waals surface area contributed by atoms with Gasteiger partial charge < -0.3 is 14.2 Å². The van der Waals surface area contributed by atoms with E-state index < -0.39 is 0 Å². The van der Waals surface area contributed by atoms with E-state index in [0.29, 0.717) is 51.6 Å². The predicted molar refractivity (Wildman–Crippen MR) is 151 cm³/mol. The molecule has 38 heavy (non-hydrogen) atoms. The van der Waals surface area contributed by atoms with E-state index >= 15 is 0 Å². The van der Waals surface area contributed by atoms with Gasteiger partial charge in [0, 0.05) is 5.56 Å². The molecule has 0 saturated heterocycles. The first-order valence-corrected chi connectivity index (χ1v) is 12.7. The predicted octanol–water partition coefficient (Wildman–Crippen LogP) is 7.31. The molecular formula is C30H26Cl2N2O4. The molecule has 0 radical (unpaired) electrons. The number of ether oxygens (including phenoxy) is 3. The highest BCUT2D eigenvalue weighted by Gasteiger charge is 2.12. The van der Waals surface area contributed by atoms with E-state index in [-0.39, 0.29) is 12.5 Å². The average Bonchev–Trinajstić information content (AvgIpc) is 2.93. The van der Waals surface area contributed by atoms with Crippen LogP contribution in [0.4, 0.5) is 0 Å². The molecule has 0 aliphatic carbocycles. The molecule has 0 aliphatic heterocycles. The van der Waals surface area contributed by atoms with Gasteiger partial charge in [0.25, 0.3) is 5.91 Å². The van der Waals surface area contributed by atoms with Gasteiger partial charge in [0.2, 0.25) is 0 Å². The Hall–Kier alpha value is -4.00. The van der Waals surface area contributed by atoms with Crippen LogP contribution in [-0.4, -0.2) is 18.7 Å². The number of carbonyl (C=O) groups excluding carboxylic acids is 1. The van der Waals surface area contributed by atoms with E-state index in [1.54, 1.807) is 36.4 Å². The summed E-state index contributed by atoms with van der Waals surface area (Å²) in [6.45, 7) is 3.08. The highest BCUT2D eigenvalue weighted by molar-refractivity contribution is 6.37. The van der Waals surface area contributed by atoms with Crippen molar-refractivity contribution in [2.75, 3.05) is 6.61 Å². The Balaban J connectivity index is 1.38. The van der Waals surface area contributed by atoms with E-state index in [4.69, 9.17) is 37.4 Å². The first-order chi connectivity index (χ1) is 18.5. The van der Waals surface area contributed by atoms with Crippen molar-refractivity contribution in [2.45, 2.75) is 20.1 Å². The minimum Gasteiger partial charge on any atom is -0.490 e. The van der Waals surface area contributed by atoms with Gasteiger partial charge in [-0.1, -0.05) is 77.8 Å². The van der Waals surface area contributed by atoms with Crippen LogP contribution in [0.3, 0.4) is 0 Å². The third-order valence-corrected chi connectivity index (χ3v) is 5.93. The van der Waals surface area contributed by atoms with Crippen molar-refractivity contribution in [2.24, 2.45) is 5.10 Å². The minimum atomic E-state index is -0.318. The van der Waals surface area contributed by atoms with Crippen molar-refractivity contribution < 1.29 is 19.0 Å². The Bertz CT molecular complexity index is 1370. The molecule has 0 bridgehead atoms. The summed E-state index contributed by atoms with van der Waals surface area (Å²) >= 11 is 12.9. The topological polar surface area (TPSA) is 69.2 Å². The van der Waals surface area contributed by atoms with E-state index in [9.17, 15) is 4.79 Å². The maximum Gasteiger partial charge on any atom is 0.271 e. The van der Waals surface area contributed by atoms with Crippen LogP contribution in [0.2, 0.25) is 10.0 Å². The van der Waals surface area contributed by atoms with E-state index in [2.05, 4.69) is 10.5 Å². The summed E-state index contributed by atoms with van der Waals surface area (Å²) in [5.41, 5.74) is 5.53. The molecule has 0 spiro atoms. The smallest absolute Gasteiger partial charge is 0.271 e. The summed E-state index contributed by atoms with van der Waals surface area (Å²) < 4.78 is 17.7. The number of amides is 1. The molecule has 4 aromatic rings. The highest BCUT2D eigenvalue weighted by Crippen LogP contribution is 2.35. The van der Waals surface area contributed by atoms with E-state index in [0.717, 1.165) is 11.1 Å². The molecule has 0 heterocycles. The molecule has 0 atom stereocenters. The van der Waals surface area contributed by atoms with Gasteiger partial charge in [-0.2, -0.15) is 5.10 Å². The maximum atomic E-state index is 12.1. The van der Waals surface area contributed by atoms with Crippen LogP contribution < -0.4 is 19.6 Å². The number of hydrazone groups is 1. The molecule has 0 fully saturated rings. The number of nitrogens with one attached hydrogen (secondary N) is 1. The van der Waals surface area contributed by atoms with Crippen LogP contribution >= 0.6 is 23.2 Å². The fraction of sp³-hybridized carbons (Fsp3) is 0.133. The van der Waals surface area contributed by atoms with Crippen molar-refractivity contribution in [1.82, 2.24) is 5.43 Å². The van der Waals surface area contributed by atoms with Gasteiger partial charge >= 0.3 is 0 Å². The van der Waals surface area contributed by atoms with Crippen molar-refractivity contribution in [3.8, 4) is 17.2 Å². The second-order valence-corrected chi connectivity index (χ2v) is 8.97. The minimum absolute atomic E-state index is 0.221. The Morgan fingerprint density at radius 3 is 2.13 bits per heavy atom. The summed E-state index contributed by atoms with van der Waals surface area (Å²) in [5.74, 6) is 1.31. The number of hydrogen-bond donors (Lipinski definition) is 1. The molecule has 6 nitrogen and oxygen atoms in total. The Kier molecular flexibility index (Phi) is 9.62. The lowest BCUT2D eigenvalue weighted by molar-refractivity contribution is 0.0955. The first kappa shape index (κ1) is 27.0. The summed E-state index contributed by atoms with van der Waals surface area (Å²) in [5, 5.41) is 4.63. The third kappa shape index (κ3) is 7.51.